The van der Waals surface area contributed by atoms with Crippen LogP contribution in [-0.2, 0) is 4.74 Å². The summed E-state index contributed by atoms with van der Waals surface area (Å²) in [7, 11) is 0. The standard InChI is InChI=1S/C9H9BrF3NO2/c10-7-2-1-6(14)5-8(7)15-3-4-16-9(11,12)13/h1-2,5H,3-4,14H2. The maximum absolute atomic E-state index is 11.6. The maximum Gasteiger partial charge on any atom is 0.522 e. The highest BCUT2D eigenvalue weighted by Crippen LogP contribution is 2.27. The van der Waals surface area contributed by atoms with Crippen LogP contribution in [0, 0.1) is 0 Å². The molecule has 0 saturated carbocycles. The fraction of sp³-hybridized carbons (Fsp3) is 0.333. The fourth-order valence-corrected chi connectivity index (χ4v) is 1.30. The topological polar surface area (TPSA) is 44.5 Å². The first-order valence-electron chi connectivity index (χ1n) is 4.27. The van der Waals surface area contributed by atoms with Gasteiger partial charge in [-0.05, 0) is 28.1 Å². The van der Waals surface area contributed by atoms with Gasteiger partial charge < -0.3 is 10.5 Å². The number of halogens is 4. The normalized spacial score (nSPS) is 11.5. The van der Waals surface area contributed by atoms with E-state index in [2.05, 4.69) is 20.7 Å². The molecule has 1 aromatic carbocycles. The monoisotopic (exact) mass is 299 g/mol. The molecule has 90 valence electrons. The highest BCUT2D eigenvalue weighted by atomic mass is 79.9. The van der Waals surface area contributed by atoms with Gasteiger partial charge in [-0.25, -0.2) is 0 Å². The molecule has 1 rings (SSSR count). The lowest BCUT2D eigenvalue weighted by molar-refractivity contribution is -0.325. The summed E-state index contributed by atoms with van der Waals surface area (Å²) in [5, 5.41) is 0. The number of hydrogen-bond acceptors (Lipinski definition) is 3. The van der Waals surface area contributed by atoms with E-state index in [9.17, 15) is 13.2 Å². The minimum Gasteiger partial charge on any atom is -0.490 e. The summed E-state index contributed by atoms with van der Waals surface area (Å²) in [5.41, 5.74) is 5.96. The molecule has 16 heavy (non-hydrogen) atoms. The molecule has 0 spiro atoms. The van der Waals surface area contributed by atoms with E-state index < -0.39 is 13.0 Å². The fourth-order valence-electron chi connectivity index (χ4n) is 0.940. The van der Waals surface area contributed by atoms with Crippen molar-refractivity contribution in [1.29, 1.82) is 0 Å². The van der Waals surface area contributed by atoms with Crippen molar-refractivity contribution in [2.24, 2.45) is 0 Å². The van der Waals surface area contributed by atoms with Gasteiger partial charge in [-0.1, -0.05) is 0 Å². The lowest BCUT2D eigenvalue weighted by Crippen LogP contribution is -2.18. The Balaban J connectivity index is 2.40. The van der Waals surface area contributed by atoms with Gasteiger partial charge in [-0.3, -0.25) is 4.74 Å². The van der Waals surface area contributed by atoms with Crippen LogP contribution in [0.5, 0.6) is 5.75 Å². The number of alkyl halides is 3. The Morgan fingerprint density at radius 3 is 2.56 bits per heavy atom. The SMILES string of the molecule is Nc1ccc(Br)c(OCCOC(F)(F)F)c1. The second kappa shape index (κ2) is 5.40. The van der Waals surface area contributed by atoms with Crippen molar-refractivity contribution in [3.63, 3.8) is 0 Å². The minimum absolute atomic E-state index is 0.207. The molecule has 0 aliphatic rings. The highest BCUT2D eigenvalue weighted by Gasteiger charge is 2.28. The van der Waals surface area contributed by atoms with Crippen LogP contribution in [0.1, 0.15) is 0 Å². The quantitative estimate of drug-likeness (QED) is 0.687. The zero-order valence-corrected chi connectivity index (χ0v) is 9.64. The van der Waals surface area contributed by atoms with Crippen LogP contribution in [-0.4, -0.2) is 19.6 Å². The molecule has 0 radical (unpaired) electrons. The first kappa shape index (κ1) is 13.1. The second-order valence-corrected chi connectivity index (χ2v) is 3.69. The number of anilines is 1. The number of hydrogen-bond donors (Lipinski definition) is 1. The number of rotatable bonds is 4. The van der Waals surface area contributed by atoms with E-state index >= 15 is 0 Å². The van der Waals surface area contributed by atoms with Gasteiger partial charge in [0.25, 0.3) is 0 Å². The Kier molecular flexibility index (Phi) is 4.43. The molecule has 0 bridgehead atoms. The lowest BCUT2D eigenvalue weighted by Gasteiger charge is -2.10. The lowest BCUT2D eigenvalue weighted by atomic mass is 10.3. The molecular formula is C9H9BrF3NO2. The van der Waals surface area contributed by atoms with E-state index in [-0.39, 0.29) is 6.61 Å². The Bertz CT molecular complexity index is 357. The van der Waals surface area contributed by atoms with Crippen LogP contribution in [0.2, 0.25) is 0 Å². The summed E-state index contributed by atoms with van der Waals surface area (Å²) in [6.45, 7) is -0.772. The molecule has 0 fully saturated rings. The van der Waals surface area contributed by atoms with E-state index in [1.54, 1.807) is 12.1 Å². The molecule has 0 atom stereocenters. The summed E-state index contributed by atoms with van der Waals surface area (Å²) >= 11 is 3.18. The largest absolute Gasteiger partial charge is 0.522 e. The van der Waals surface area contributed by atoms with Crippen LogP contribution in [0.4, 0.5) is 18.9 Å². The van der Waals surface area contributed by atoms with Crippen molar-refractivity contribution in [3.8, 4) is 5.75 Å². The van der Waals surface area contributed by atoms with Gasteiger partial charge in [0.05, 0.1) is 11.1 Å². The van der Waals surface area contributed by atoms with E-state index in [4.69, 9.17) is 10.5 Å². The minimum atomic E-state index is -4.63. The zero-order chi connectivity index (χ0) is 12.2. The van der Waals surface area contributed by atoms with Crippen LogP contribution in [0.25, 0.3) is 0 Å². The molecule has 3 nitrogen and oxygen atoms in total. The molecule has 0 aliphatic heterocycles. The second-order valence-electron chi connectivity index (χ2n) is 2.83. The summed E-state index contributed by atoms with van der Waals surface area (Å²) in [6.07, 6.45) is -4.63. The summed E-state index contributed by atoms with van der Waals surface area (Å²) in [4.78, 5) is 0. The Morgan fingerprint density at radius 1 is 1.25 bits per heavy atom. The molecule has 0 amide bonds. The van der Waals surface area contributed by atoms with Gasteiger partial charge in [0.2, 0.25) is 0 Å². The molecule has 1 aromatic rings. The van der Waals surface area contributed by atoms with Crippen molar-refractivity contribution < 1.29 is 22.6 Å². The zero-order valence-electron chi connectivity index (χ0n) is 8.05. The van der Waals surface area contributed by atoms with E-state index in [1.807, 2.05) is 0 Å². The smallest absolute Gasteiger partial charge is 0.490 e. The molecule has 0 saturated heterocycles. The third-order valence-corrected chi connectivity index (χ3v) is 2.22. The van der Waals surface area contributed by atoms with Crippen molar-refractivity contribution in [2.45, 2.75) is 6.36 Å². The maximum atomic E-state index is 11.6. The van der Waals surface area contributed by atoms with Crippen LogP contribution in [0.3, 0.4) is 0 Å². The van der Waals surface area contributed by atoms with Gasteiger partial charge in [-0.2, -0.15) is 0 Å². The molecule has 0 heterocycles. The molecule has 0 aromatic heterocycles. The van der Waals surface area contributed by atoms with Crippen molar-refractivity contribution in [2.75, 3.05) is 18.9 Å². The van der Waals surface area contributed by atoms with Crippen LogP contribution < -0.4 is 10.5 Å². The van der Waals surface area contributed by atoms with Crippen molar-refractivity contribution in [1.82, 2.24) is 0 Å². The highest BCUT2D eigenvalue weighted by molar-refractivity contribution is 9.10. The Labute approximate surface area is 98.5 Å². The molecular weight excluding hydrogens is 291 g/mol. The number of benzene rings is 1. The molecule has 0 aliphatic carbocycles. The van der Waals surface area contributed by atoms with E-state index in [1.165, 1.54) is 6.07 Å². The number of nitrogens with two attached hydrogens (primary N) is 1. The number of nitrogen functional groups attached to an aromatic ring is 1. The van der Waals surface area contributed by atoms with Gasteiger partial charge in [0, 0.05) is 11.8 Å². The first-order valence-corrected chi connectivity index (χ1v) is 5.06. The molecule has 7 heteroatoms. The first-order chi connectivity index (χ1) is 7.38. The molecule has 0 unspecified atom stereocenters. The van der Waals surface area contributed by atoms with E-state index in [0.717, 1.165) is 0 Å². The summed E-state index contributed by atoms with van der Waals surface area (Å²) in [6, 6.07) is 4.80. The average Bonchev–Trinajstić information content (AvgIpc) is 2.16. The summed E-state index contributed by atoms with van der Waals surface area (Å²) in [5.74, 6) is 0.380. The van der Waals surface area contributed by atoms with Crippen molar-refractivity contribution in [3.05, 3.63) is 22.7 Å². The van der Waals surface area contributed by atoms with Gasteiger partial charge in [-0.15, -0.1) is 13.2 Å². The van der Waals surface area contributed by atoms with Gasteiger partial charge >= 0.3 is 6.36 Å². The Hall–Kier alpha value is -0.950. The average molecular weight is 300 g/mol. The van der Waals surface area contributed by atoms with Gasteiger partial charge in [0.15, 0.2) is 0 Å². The van der Waals surface area contributed by atoms with Crippen molar-refractivity contribution >= 4 is 21.6 Å². The third-order valence-electron chi connectivity index (χ3n) is 1.56. The molecule has 2 N–H and O–H groups in total. The van der Waals surface area contributed by atoms with Crippen LogP contribution >= 0.6 is 15.9 Å². The van der Waals surface area contributed by atoms with E-state index in [0.29, 0.717) is 15.9 Å². The number of ether oxygens (including phenoxy) is 2. The third kappa shape index (κ3) is 4.71. The van der Waals surface area contributed by atoms with Gasteiger partial charge in [0.1, 0.15) is 12.4 Å². The predicted molar refractivity (Wildman–Crippen MR) is 56.1 cm³/mol. The van der Waals surface area contributed by atoms with Crippen LogP contribution in [0.15, 0.2) is 22.7 Å². The Morgan fingerprint density at radius 2 is 1.94 bits per heavy atom. The summed E-state index contributed by atoms with van der Waals surface area (Å²) < 4.78 is 44.1. The predicted octanol–water partition coefficient (Wildman–Crippen LogP) is 2.95.